The minimum atomic E-state index is -5.35. The van der Waals surface area contributed by atoms with Gasteiger partial charge in [0.2, 0.25) is 0 Å². The molecule has 0 aliphatic carbocycles. The first kappa shape index (κ1) is 13.2. The second kappa shape index (κ2) is 3.78. The molecule has 0 aliphatic heterocycles. The van der Waals surface area contributed by atoms with Crippen LogP contribution >= 0.6 is 0 Å². The Hall–Kier alpha value is -0.750. The van der Waals surface area contributed by atoms with Crippen LogP contribution in [0.2, 0.25) is 0 Å². The van der Waals surface area contributed by atoms with Gasteiger partial charge in [0, 0.05) is 0 Å². The molecule has 0 amide bonds. The van der Waals surface area contributed by atoms with Crippen molar-refractivity contribution in [2.75, 3.05) is 0 Å². The van der Waals surface area contributed by atoms with E-state index in [9.17, 15) is 21.6 Å². The number of carbonyl (C=O) groups is 1. The van der Waals surface area contributed by atoms with E-state index in [-0.39, 0.29) is 0 Å². The fraction of sp³-hybridized carbons (Fsp3) is 0.667. The number of nitrogens with zero attached hydrogens (tertiary/aromatic N) is 1. The van der Waals surface area contributed by atoms with Gasteiger partial charge in [-0.15, -0.1) is 0 Å². The molecule has 11 heteroatoms. The van der Waals surface area contributed by atoms with E-state index in [1.165, 1.54) is 0 Å². The lowest BCUT2D eigenvalue weighted by Crippen LogP contribution is -2.46. The molecular weight excluding hydrogens is 242 g/mol. The monoisotopic (exact) mass is 249 g/mol. The molecule has 9 nitrogen and oxygen atoms in total. The van der Waals surface area contributed by atoms with Crippen LogP contribution in [0.3, 0.4) is 0 Å². The summed E-state index contributed by atoms with van der Waals surface area (Å²) in [6.45, 7) is 0.657. The third-order valence-electron chi connectivity index (χ3n) is 1.13. The molecule has 0 fully saturated rings. The second-order valence-corrected chi connectivity index (χ2v) is 5.00. The fourth-order valence-corrected chi connectivity index (χ4v) is 2.54. The Bertz CT molecular complexity index is 388. The molecule has 84 valence electrons. The Balaban J connectivity index is 5.49. The van der Waals surface area contributed by atoms with E-state index in [2.05, 4.69) is 0 Å². The lowest BCUT2D eigenvalue weighted by molar-refractivity contribution is -0.140. The first-order valence-corrected chi connectivity index (χ1v) is 5.74. The highest BCUT2D eigenvalue weighted by atomic mass is 32.3. The van der Waals surface area contributed by atoms with Gasteiger partial charge in [-0.05, 0) is 10.6 Å². The Morgan fingerprint density at radius 2 is 1.43 bits per heavy atom. The summed E-state index contributed by atoms with van der Waals surface area (Å²) in [6.07, 6.45) is 0. The van der Waals surface area contributed by atoms with Gasteiger partial charge in [-0.25, -0.2) is 0 Å². The second-order valence-electron chi connectivity index (χ2n) is 2.20. The first-order valence-electron chi connectivity index (χ1n) is 2.95. The van der Waals surface area contributed by atoms with Gasteiger partial charge in [0.15, 0.2) is 0 Å². The maximum absolute atomic E-state index is 10.4. The van der Waals surface area contributed by atoms with Crippen LogP contribution in [-0.4, -0.2) is 46.8 Å². The Morgan fingerprint density at radius 1 is 1.14 bits per heavy atom. The zero-order valence-corrected chi connectivity index (χ0v) is 8.36. The summed E-state index contributed by atoms with van der Waals surface area (Å²) in [5.41, 5.74) is 0. The number of aliphatic carboxylic acids is 1. The number of carboxylic acids is 1. The van der Waals surface area contributed by atoms with Gasteiger partial charge < -0.3 is 5.11 Å². The van der Waals surface area contributed by atoms with Crippen molar-refractivity contribution in [3.05, 3.63) is 0 Å². The van der Waals surface area contributed by atoms with Crippen LogP contribution < -0.4 is 0 Å². The molecule has 0 heterocycles. The lowest BCUT2D eigenvalue weighted by atomic mass is 10.4. The maximum Gasteiger partial charge on any atom is 0.351 e. The van der Waals surface area contributed by atoms with Gasteiger partial charge in [0.1, 0.15) is 6.04 Å². The van der Waals surface area contributed by atoms with Crippen molar-refractivity contribution in [2.24, 2.45) is 0 Å². The smallest absolute Gasteiger partial charge is 0.351 e. The summed E-state index contributed by atoms with van der Waals surface area (Å²) < 4.78 is 57.3. The lowest BCUT2D eigenvalue weighted by Gasteiger charge is -2.17. The van der Waals surface area contributed by atoms with Crippen LogP contribution in [0.1, 0.15) is 6.92 Å². The highest BCUT2D eigenvalue weighted by Gasteiger charge is 2.39. The number of hydrogen-bond donors (Lipinski definition) is 3. The zero-order valence-electron chi connectivity index (χ0n) is 6.72. The van der Waals surface area contributed by atoms with Crippen molar-refractivity contribution in [3.63, 3.8) is 0 Å². The average molecular weight is 249 g/mol. The Kier molecular flexibility index (Phi) is 3.58. The summed E-state index contributed by atoms with van der Waals surface area (Å²) in [5.74, 6) is -1.85. The third-order valence-corrected chi connectivity index (χ3v) is 3.80. The van der Waals surface area contributed by atoms with E-state index < -0.39 is 36.3 Å². The van der Waals surface area contributed by atoms with Crippen molar-refractivity contribution >= 4 is 26.6 Å². The molecule has 0 saturated carbocycles. The van der Waals surface area contributed by atoms with Crippen LogP contribution in [0.5, 0.6) is 0 Å². The molecule has 0 spiro atoms. The zero-order chi connectivity index (χ0) is 11.7. The normalized spacial score (nSPS) is 15.4. The quantitative estimate of drug-likeness (QED) is 0.502. The van der Waals surface area contributed by atoms with Gasteiger partial charge >= 0.3 is 26.6 Å². The maximum atomic E-state index is 10.4. The van der Waals surface area contributed by atoms with Crippen LogP contribution in [0, 0.1) is 0 Å². The summed E-state index contributed by atoms with van der Waals surface area (Å²) >= 11 is 0. The molecule has 0 aromatic rings. The van der Waals surface area contributed by atoms with E-state index >= 15 is 0 Å². The molecule has 0 saturated heterocycles. The van der Waals surface area contributed by atoms with E-state index in [1.54, 1.807) is 0 Å². The number of rotatable bonds is 4. The number of carboxylic acid groups (broad SMARTS) is 1. The Labute approximate surface area is 79.7 Å². The average Bonchev–Trinajstić information content (AvgIpc) is 1.79. The predicted molar refractivity (Wildman–Crippen MR) is 42.0 cm³/mol. The summed E-state index contributed by atoms with van der Waals surface area (Å²) in [7, 11) is -10.7. The van der Waals surface area contributed by atoms with Gasteiger partial charge in [0.25, 0.3) is 0 Å². The van der Waals surface area contributed by atoms with E-state index in [0.29, 0.717) is 6.92 Å². The van der Waals surface area contributed by atoms with Crippen molar-refractivity contribution < 1.29 is 35.8 Å². The predicted octanol–water partition coefficient (Wildman–Crippen LogP) is -1.63. The summed E-state index contributed by atoms with van der Waals surface area (Å²) in [6, 6.07) is -2.14. The molecule has 0 aromatic heterocycles. The molecule has 3 N–H and O–H groups in total. The van der Waals surface area contributed by atoms with E-state index in [1.807, 2.05) is 0 Å². The molecule has 0 radical (unpaired) electrons. The van der Waals surface area contributed by atoms with Gasteiger partial charge in [0.05, 0.1) is 0 Å². The summed E-state index contributed by atoms with van der Waals surface area (Å²) in [5, 5.41) is 8.29. The Morgan fingerprint density at radius 3 is 1.50 bits per heavy atom. The highest BCUT2D eigenvalue weighted by Crippen LogP contribution is 2.10. The molecule has 1 atom stereocenters. The van der Waals surface area contributed by atoms with Gasteiger partial charge in [-0.1, -0.05) is 0 Å². The van der Waals surface area contributed by atoms with Gasteiger partial charge in [-0.2, -0.15) is 16.8 Å². The van der Waals surface area contributed by atoms with Crippen LogP contribution in [0.4, 0.5) is 0 Å². The van der Waals surface area contributed by atoms with Crippen molar-refractivity contribution in [2.45, 2.75) is 13.0 Å². The standard InChI is InChI=1S/C3H7NO8S2/c1-2(3(5)6)4(13(7,8)9)14(10,11)12/h2H,1H3,(H,5,6)(H,7,8,9)(H,10,11,12)/t2-/m0/s1. The molecule has 14 heavy (non-hydrogen) atoms. The van der Waals surface area contributed by atoms with Crippen LogP contribution in [-0.2, 0) is 25.4 Å². The molecule has 0 unspecified atom stereocenters. The van der Waals surface area contributed by atoms with Gasteiger partial charge in [-0.3, -0.25) is 13.9 Å². The summed E-state index contributed by atoms with van der Waals surface area (Å²) in [4.78, 5) is 10.2. The SMILES string of the molecule is C[C@@H](C(=O)O)N(S(=O)(=O)O)S(=O)(=O)O. The molecule has 0 bridgehead atoms. The fourth-order valence-electron chi connectivity index (χ4n) is 0.609. The van der Waals surface area contributed by atoms with Crippen molar-refractivity contribution in [1.29, 1.82) is 0 Å². The molecule has 0 rings (SSSR count). The first-order chi connectivity index (χ1) is 5.98. The minimum Gasteiger partial charge on any atom is -0.480 e. The van der Waals surface area contributed by atoms with Crippen molar-refractivity contribution in [1.82, 2.24) is 3.71 Å². The molecular formula is C3H7NO8S2. The minimum absolute atomic E-state index is 0.657. The van der Waals surface area contributed by atoms with Crippen LogP contribution in [0.25, 0.3) is 0 Å². The highest BCUT2D eigenvalue weighted by molar-refractivity contribution is 7.98. The topological polar surface area (TPSA) is 149 Å². The van der Waals surface area contributed by atoms with E-state index in [4.69, 9.17) is 14.2 Å². The third kappa shape index (κ3) is 3.19. The molecule has 0 aromatic carbocycles. The number of hydrogen-bond acceptors (Lipinski definition) is 5. The molecule has 0 aliphatic rings. The van der Waals surface area contributed by atoms with Crippen molar-refractivity contribution in [3.8, 4) is 0 Å². The van der Waals surface area contributed by atoms with E-state index in [0.717, 1.165) is 0 Å². The largest absolute Gasteiger partial charge is 0.480 e. The van der Waals surface area contributed by atoms with Crippen LogP contribution in [0.15, 0.2) is 0 Å².